The molecule has 0 saturated carbocycles. The second-order valence-corrected chi connectivity index (χ2v) is 3.98. The Bertz CT molecular complexity index is 561. The zero-order valence-electron chi connectivity index (χ0n) is 10.0. The largest absolute Gasteiger partial charge is 0.505 e. The number of halogens is 1. The van der Waals surface area contributed by atoms with Crippen LogP contribution >= 0.6 is 0 Å². The van der Waals surface area contributed by atoms with E-state index in [1.54, 1.807) is 25.3 Å². The fraction of sp³-hybridized carbons (Fsp3) is 0.143. The third-order valence-electron chi connectivity index (χ3n) is 2.76. The molecule has 4 heteroatoms. The van der Waals surface area contributed by atoms with Gasteiger partial charge in [-0.15, -0.1) is 0 Å². The lowest BCUT2D eigenvalue weighted by Gasteiger charge is -2.12. The maximum atomic E-state index is 13.1. The van der Waals surface area contributed by atoms with Crippen LogP contribution in [-0.2, 0) is 6.54 Å². The van der Waals surface area contributed by atoms with Crippen molar-refractivity contribution in [2.75, 3.05) is 0 Å². The standard InChI is InChI=1S/C14H14FNO2/c1-9-12(5-6-13(15)14(9)17)10(2)16-8-11-4-3-7-18-11/h3-7,16-17H,2,8H2,1H3. The Balaban J connectivity index is 2.12. The summed E-state index contributed by atoms with van der Waals surface area (Å²) in [5.74, 6) is -0.191. The molecular weight excluding hydrogens is 233 g/mol. The van der Waals surface area contributed by atoms with Crippen molar-refractivity contribution in [3.8, 4) is 5.75 Å². The van der Waals surface area contributed by atoms with Gasteiger partial charge < -0.3 is 14.8 Å². The van der Waals surface area contributed by atoms with Crippen molar-refractivity contribution >= 4 is 5.70 Å². The highest BCUT2D eigenvalue weighted by atomic mass is 19.1. The Kier molecular flexibility index (Phi) is 3.37. The van der Waals surface area contributed by atoms with Crippen LogP contribution in [0.2, 0.25) is 0 Å². The molecule has 1 heterocycles. The van der Waals surface area contributed by atoms with Crippen LogP contribution in [0.4, 0.5) is 4.39 Å². The predicted molar refractivity (Wildman–Crippen MR) is 67.4 cm³/mol. The minimum Gasteiger partial charge on any atom is -0.505 e. The van der Waals surface area contributed by atoms with Crippen LogP contribution in [0, 0.1) is 12.7 Å². The molecule has 2 rings (SSSR count). The van der Waals surface area contributed by atoms with E-state index in [4.69, 9.17) is 4.42 Å². The van der Waals surface area contributed by atoms with E-state index in [1.165, 1.54) is 6.07 Å². The summed E-state index contributed by atoms with van der Waals surface area (Å²) in [4.78, 5) is 0. The molecule has 0 fully saturated rings. The average Bonchev–Trinajstić information content (AvgIpc) is 2.86. The Morgan fingerprint density at radius 2 is 2.22 bits per heavy atom. The Morgan fingerprint density at radius 3 is 2.89 bits per heavy atom. The number of hydrogen-bond donors (Lipinski definition) is 2. The molecular formula is C14H14FNO2. The van der Waals surface area contributed by atoms with Gasteiger partial charge in [0, 0.05) is 16.8 Å². The lowest BCUT2D eigenvalue weighted by Crippen LogP contribution is -2.11. The second-order valence-electron chi connectivity index (χ2n) is 3.98. The van der Waals surface area contributed by atoms with Gasteiger partial charge in [-0.25, -0.2) is 4.39 Å². The van der Waals surface area contributed by atoms with Crippen LogP contribution in [0.15, 0.2) is 41.5 Å². The normalized spacial score (nSPS) is 10.3. The van der Waals surface area contributed by atoms with Gasteiger partial charge in [0.1, 0.15) is 5.76 Å². The van der Waals surface area contributed by atoms with Crippen molar-refractivity contribution in [1.29, 1.82) is 0 Å². The molecule has 1 aromatic heterocycles. The van der Waals surface area contributed by atoms with Gasteiger partial charge in [0.25, 0.3) is 0 Å². The van der Waals surface area contributed by atoms with Crippen molar-refractivity contribution in [2.45, 2.75) is 13.5 Å². The van der Waals surface area contributed by atoms with E-state index in [-0.39, 0.29) is 5.75 Å². The molecule has 0 aliphatic rings. The van der Waals surface area contributed by atoms with Gasteiger partial charge in [-0.2, -0.15) is 0 Å². The third kappa shape index (κ3) is 2.37. The number of aromatic hydroxyl groups is 1. The molecule has 18 heavy (non-hydrogen) atoms. The summed E-state index contributed by atoms with van der Waals surface area (Å²) in [5, 5.41) is 12.6. The molecule has 0 spiro atoms. The van der Waals surface area contributed by atoms with Gasteiger partial charge in [0.2, 0.25) is 0 Å². The first-order chi connectivity index (χ1) is 8.59. The molecule has 0 aliphatic heterocycles. The monoisotopic (exact) mass is 247 g/mol. The Hall–Kier alpha value is -2.23. The van der Waals surface area contributed by atoms with Gasteiger partial charge in [0.05, 0.1) is 12.8 Å². The Labute approximate surface area is 105 Å². The number of hydrogen-bond acceptors (Lipinski definition) is 3. The number of furan rings is 1. The molecule has 0 bridgehead atoms. The fourth-order valence-corrected chi connectivity index (χ4v) is 1.70. The fourth-order valence-electron chi connectivity index (χ4n) is 1.70. The summed E-state index contributed by atoms with van der Waals surface area (Å²) in [6, 6.07) is 6.45. The molecule has 0 atom stereocenters. The third-order valence-corrected chi connectivity index (χ3v) is 2.76. The summed E-state index contributed by atoms with van der Waals surface area (Å²) in [7, 11) is 0. The lowest BCUT2D eigenvalue weighted by molar-refractivity contribution is 0.428. The molecule has 0 radical (unpaired) electrons. The molecule has 0 unspecified atom stereocenters. The van der Waals surface area contributed by atoms with Crippen molar-refractivity contribution in [3.63, 3.8) is 0 Å². The molecule has 0 saturated heterocycles. The van der Waals surface area contributed by atoms with E-state index >= 15 is 0 Å². The number of nitrogens with one attached hydrogen (secondary N) is 1. The Morgan fingerprint density at radius 1 is 1.44 bits per heavy atom. The first-order valence-electron chi connectivity index (χ1n) is 5.53. The number of benzene rings is 1. The van der Waals surface area contributed by atoms with Crippen molar-refractivity contribution in [1.82, 2.24) is 5.32 Å². The molecule has 3 nitrogen and oxygen atoms in total. The first kappa shape index (κ1) is 12.2. The summed E-state index contributed by atoms with van der Waals surface area (Å²) >= 11 is 0. The minimum absolute atomic E-state index is 0.339. The van der Waals surface area contributed by atoms with Gasteiger partial charge in [-0.3, -0.25) is 0 Å². The van der Waals surface area contributed by atoms with E-state index in [0.717, 1.165) is 5.76 Å². The average molecular weight is 247 g/mol. The summed E-state index contributed by atoms with van der Waals surface area (Å²) in [6.45, 7) is 6.01. The quantitative estimate of drug-likeness (QED) is 0.872. The number of rotatable bonds is 4. The lowest BCUT2D eigenvalue weighted by atomic mass is 10.0. The van der Waals surface area contributed by atoms with Crippen LogP contribution < -0.4 is 5.32 Å². The molecule has 0 amide bonds. The van der Waals surface area contributed by atoms with E-state index in [9.17, 15) is 9.50 Å². The summed E-state index contributed by atoms with van der Waals surface area (Å²) in [5.41, 5.74) is 1.76. The van der Waals surface area contributed by atoms with E-state index in [1.807, 2.05) is 6.07 Å². The van der Waals surface area contributed by atoms with Crippen LogP contribution in [0.25, 0.3) is 5.70 Å². The van der Waals surface area contributed by atoms with Crippen molar-refractivity contribution < 1.29 is 13.9 Å². The first-order valence-corrected chi connectivity index (χ1v) is 5.53. The zero-order chi connectivity index (χ0) is 13.1. The van der Waals surface area contributed by atoms with Gasteiger partial charge in [-0.1, -0.05) is 6.58 Å². The number of phenols is 1. The van der Waals surface area contributed by atoms with E-state index in [0.29, 0.717) is 23.4 Å². The highest BCUT2D eigenvalue weighted by Crippen LogP contribution is 2.27. The van der Waals surface area contributed by atoms with Crippen molar-refractivity contribution in [3.05, 3.63) is 59.8 Å². The van der Waals surface area contributed by atoms with E-state index < -0.39 is 5.82 Å². The molecule has 2 aromatic rings. The maximum absolute atomic E-state index is 13.1. The topological polar surface area (TPSA) is 45.4 Å². The van der Waals surface area contributed by atoms with Crippen LogP contribution in [0.5, 0.6) is 5.75 Å². The van der Waals surface area contributed by atoms with Gasteiger partial charge in [0.15, 0.2) is 11.6 Å². The summed E-state index contributed by atoms with van der Waals surface area (Å²) in [6.07, 6.45) is 1.59. The van der Waals surface area contributed by atoms with Gasteiger partial charge in [-0.05, 0) is 31.2 Å². The summed E-state index contributed by atoms with van der Waals surface area (Å²) < 4.78 is 18.3. The maximum Gasteiger partial charge on any atom is 0.165 e. The molecule has 1 aromatic carbocycles. The molecule has 2 N–H and O–H groups in total. The minimum atomic E-state index is -0.630. The molecule has 94 valence electrons. The van der Waals surface area contributed by atoms with Crippen LogP contribution in [-0.4, -0.2) is 5.11 Å². The van der Waals surface area contributed by atoms with Gasteiger partial charge >= 0.3 is 0 Å². The molecule has 0 aliphatic carbocycles. The predicted octanol–water partition coefficient (Wildman–Crippen LogP) is 3.19. The second kappa shape index (κ2) is 4.96. The van der Waals surface area contributed by atoms with Crippen molar-refractivity contribution in [2.24, 2.45) is 0 Å². The highest BCUT2D eigenvalue weighted by molar-refractivity contribution is 5.66. The SMILES string of the molecule is C=C(NCc1ccco1)c1ccc(F)c(O)c1C. The van der Waals surface area contributed by atoms with E-state index in [2.05, 4.69) is 11.9 Å². The van der Waals surface area contributed by atoms with Crippen LogP contribution in [0.1, 0.15) is 16.9 Å². The smallest absolute Gasteiger partial charge is 0.165 e. The highest BCUT2D eigenvalue weighted by Gasteiger charge is 2.10. The number of phenolic OH excluding ortho intramolecular Hbond substituents is 1. The zero-order valence-corrected chi connectivity index (χ0v) is 10.0. The van der Waals surface area contributed by atoms with Crippen LogP contribution in [0.3, 0.4) is 0 Å².